The molecule has 649 valence electrons. The monoisotopic (exact) mass is 1760 g/mol. The summed E-state index contributed by atoms with van der Waals surface area (Å²) in [6, 6.07) is 39.0. The van der Waals surface area contributed by atoms with Crippen molar-refractivity contribution in [3.05, 3.63) is 237 Å². The van der Waals surface area contributed by atoms with Crippen molar-refractivity contribution in [2.75, 3.05) is 119 Å². The maximum absolute atomic E-state index is 13.3. The first kappa shape index (κ1) is 94.1. The average molecular weight is 1770 g/mol. The third kappa shape index (κ3) is 23.6. The number of fused-ring (bicyclic) bond motifs is 4. The molecule has 5 aromatic rings. The normalized spacial score (nSPS) is 21.2. The molecule has 12 rings (SSSR count). The van der Waals surface area contributed by atoms with Gasteiger partial charge in [-0.05, 0) is 169 Å². The number of allylic oxidation sites excluding steroid dienone is 14. The van der Waals surface area contributed by atoms with Gasteiger partial charge in [0.1, 0.15) is 12.4 Å². The number of anilines is 2. The van der Waals surface area contributed by atoms with Crippen LogP contribution in [0.5, 0.6) is 0 Å². The first-order valence-corrected chi connectivity index (χ1v) is 45.7. The van der Waals surface area contributed by atoms with Gasteiger partial charge in [0.15, 0.2) is 18.0 Å². The van der Waals surface area contributed by atoms with E-state index in [1.807, 2.05) is 35.2 Å². The summed E-state index contributed by atoms with van der Waals surface area (Å²) >= 11 is 14.6. The molecule has 0 bridgehead atoms. The second-order valence-electron chi connectivity index (χ2n) is 34.2. The van der Waals surface area contributed by atoms with E-state index in [0.717, 1.165) is 100 Å². The number of nitrogens with one attached hydrogen (secondary N) is 2. The number of aliphatic carboxylic acids is 2. The number of carboxylic acid groups (broad SMARTS) is 2. The zero-order valence-corrected chi connectivity index (χ0v) is 74.2. The molecule has 1 saturated heterocycles. The van der Waals surface area contributed by atoms with Gasteiger partial charge >= 0.3 is 0 Å². The smallest absolute Gasteiger partial charge is 0.251 e. The zero-order chi connectivity index (χ0) is 85.6. The molecule has 2 N–H and O–H groups in total. The van der Waals surface area contributed by atoms with Crippen LogP contribution in [0.25, 0.3) is 0 Å². The molecule has 27 heteroatoms. The summed E-state index contributed by atoms with van der Waals surface area (Å²) in [5, 5.41) is 29.3. The van der Waals surface area contributed by atoms with Crippen molar-refractivity contribution >= 4 is 101 Å². The van der Waals surface area contributed by atoms with Crippen molar-refractivity contribution in [1.29, 1.82) is 0 Å². The maximum Gasteiger partial charge on any atom is 0.251 e. The number of para-hydroxylation sites is 4. The Hall–Kier alpha value is -8.17. The molecular formula is C93H114Cl2CuFN9O12S2-2. The van der Waals surface area contributed by atoms with Crippen LogP contribution in [0.4, 0.5) is 27.1 Å². The maximum atomic E-state index is 13.3. The molecule has 0 spiro atoms. The van der Waals surface area contributed by atoms with Crippen LogP contribution in [0, 0.1) is 11.7 Å². The molecule has 2 atom stereocenters. The second-order valence-corrected chi connectivity index (χ2v) is 38.1. The molecule has 5 heterocycles. The molecule has 2 fully saturated rings. The van der Waals surface area contributed by atoms with Crippen LogP contribution in [0.15, 0.2) is 203 Å². The van der Waals surface area contributed by atoms with E-state index in [9.17, 15) is 59.7 Å². The predicted octanol–water partition coefficient (Wildman–Crippen LogP) is 12.1. The van der Waals surface area contributed by atoms with Gasteiger partial charge in [-0.3, -0.25) is 24.3 Å². The molecule has 0 aromatic heterocycles. The van der Waals surface area contributed by atoms with Gasteiger partial charge in [-0.15, -0.1) is 11.6 Å². The summed E-state index contributed by atoms with van der Waals surface area (Å²) in [7, 11) is -8.52. The van der Waals surface area contributed by atoms with Crippen molar-refractivity contribution in [2.45, 2.75) is 159 Å². The summed E-state index contributed by atoms with van der Waals surface area (Å²) < 4.78 is 85.6. The van der Waals surface area contributed by atoms with E-state index >= 15 is 0 Å². The van der Waals surface area contributed by atoms with Crippen LogP contribution in [-0.2, 0) is 73.3 Å². The van der Waals surface area contributed by atoms with Crippen LogP contribution in [-0.4, -0.2) is 200 Å². The fourth-order valence-electron chi connectivity index (χ4n) is 18.0. The molecule has 120 heavy (non-hydrogen) atoms. The Labute approximate surface area is 729 Å². The van der Waals surface area contributed by atoms with Gasteiger partial charge < -0.3 is 49.3 Å². The molecular weight excluding hydrogens is 1650 g/mol. The van der Waals surface area contributed by atoms with Gasteiger partial charge in [0, 0.05) is 200 Å². The number of hydrogen-bond donors (Lipinski definition) is 2. The Morgan fingerprint density at radius 2 is 0.992 bits per heavy atom. The van der Waals surface area contributed by atoms with Crippen molar-refractivity contribution in [2.24, 2.45) is 5.92 Å². The fraction of sp³-hybridized carbons (Fsp3) is 0.462. The van der Waals surface area contributed by atoms with Crippen molar-refractivity contribution in [3.63, 3.8) is 0 Å². The number of rotatable bonds is 31. The summed E-state index contributed by atoms with van der Waals surface area (Å²) in [5.41, 5.74) is 16.6. The Morgan fingerprint density at radius 1 is 0.525 bits per heavy atom. The summed E-state index contributed by atoms with van der Waals surface area (Å²) in [6.45, 7) is 23.3. The number of amides is 2. The Kier molecular flexibility index (Phi) is 32.4. The number of carbonyl (C=O) groups excluding carboxylic acids is 4. The van der Waals surface area contributed by atoms with E-state index in [1.54, 1.807) is 9.80 Å². The van der Waals surface area contributed by atoms with Crippen LogP contribution in [0.3, 0.4) is 0 Å². The van der Waals surface area contributed by atoms with Crippen LogP contribution >= 0.6 is 23.2 Å². The second kappa shape index (κ2) is 41.3. The number of alkyl halides is 1. The number of hydrogen-bond acceptors (Lipinski definition) is 17. The van der Waals surface area contributed by atoms with Crippen LogP contribution in [0.2, 0.25) is 0 Å². The van der Waals surface area contributed by atoms with Crippen molar-refractivity contribution in [3.8, 4) is 0 Å². The predicted molar refractivity (Wildman–Crippen MR) is 464 cm³/mol. The topological polar surface area (TPSA) is 275 Å². The quantitative estimate of drug-likeness (QED) is 0.0137. The van der Waals surface area contributed by atoms with Crippen LogP contribution in [0.1, 0.15) is 165 Å². The third-order valence-corrected chi connectivity index (χ3v) is 27.0. The fourth-order valence-corrected chi connectivity index (χ4v) is 19.8. The summed E-state index contributed by atoms with van der Waals surface area (Å²) in [5.74, 6) is -3.78. The largest absolute Gasteiger partial charge is 0.748 e. The Bertz CT molecular complexity index is 5080. The minimum absolute atomic E-state index is 0. The SMILES string of the molecule is CC1(C)C(/C=C/C2CCC/C(=C\C=C3\N(CCCNC(=O)CN4CCN(CC(=O)[O-])CCN(CC(=O)[O-])CC4)c4ccccc4C3(C)C)C2Cl)=[N+](CCCCS(=O)(=O)[O-])c2ccccc21.CC1(C)C(=CC=C2CCCC(C=CC3=[N+](CCCNC(=O)c4ccc([18F])cc4)c4ccccc4C3(C)C)=C2Cl)N(CCCCS(=O)(=O)[O-])c2ccccc21.[Cu]. The van der Waals surface area contributed by atoms with E-state index < -0.39 is 32.2 Å². The van der Waals surface area contributed by atoms with Gasteiger partial charge in [-0.2, -0.15) is 9.15 Å². The van der Waals surface area contributed by atoms with Gasteiger partial charge in [0.25, 0.3) is 5.91 Å². The molecule has 2 aliphatic carbocycles. The summed E-state index contributed by atoms with van der Waals surface area (Å²) in [4.78, 5) is 58.5. The van der Waals surface area contributed by atoms with Crippen molar-refractivity contribution in [1.82, 2.24) is 25.3 Å². The Balaban J connectivity index is 0.000000254. The van der Waals surface area contributed by atoms with Gasteiger partial charge in [-0.25, -0.2) is 21.2 Å². The minimum Gasteiger partial charge on any atom is -0.748 e. The Morgan fingerprint density at radius 3 is 1.52 bits per heavy atom. The molecule has 2 amide bonds. The van der Waals surface area contributed by atoms with E-state index in [0.29, 0.717) is 123 Å². The molecule has 5 aromatic carbocycles. The number of carbonyl (C=O) groups is 4. The van der Waals surface area contributed by atoms with Crippen molar-refractivity contribution < 1.29 is 85.9 Å². The first-order valence-electron chi connectivity index (χ1n) is 41.7. The van der Waals surface area contributed by atoms with Gasteiger partial charge in [0.05, 0.1) is 54.9 Å². The summed E-state index contributed by atoms with van der Waals surface area (Å²) in [6.07, 6.45) is 26.3. The minimum atomic E-state index is -4.27. The molecule has 1 radical (unpaired) electrons. The number of carboxylic acids is 2. The number of unbranched alkanes of at least 4 members (excludes halogenated alkanes) is 2. The number of halogens is 3. The third-order valence-electron chi connectivity index (χ3n) is 24.4. The van der Waals surface area contributed by atoms with E-state index in [2.05, 4.69) is 200 Å². The zero-order valence-electron chi connectivity index (χ0n) is 70.1. The molecule has 5 aliphatic heterocycles. The van der Waals surface area contributed by atoms with Crippen LogP contribution < -0.4 is 30.6 Å². The molecule has 2 unspecified atom stereocenters. The van der Waals surface area contributed by atoms with E-state index in [-0.39, 0.29) is 98.8 Å². The average Bonchev–Trinajstić information content (AvgIpc) is 1.62. The van der Waals surface area contributed by atoms with Gasteiger partial charge in [0.2, 0.25) is 17.3 Å². The molecule has 21 nitrogen and oxygen atoms in total. The number of nitrogens with zero attached hydrogens (tertiary/aromatic N) is 7. The van der Waals surface area contributed by atoms with Gasteiger partial charge in [-0.1, -0.05) is 142 Å². The first-order chi connectivity index (χ1) is 56.5. The van der Waals surface area contributed by atoms with E-state index in [4.69, 9.17) is 23.2 Å². The van der Waals surface area contributed by atoms with E-state index in [1.165, 1.54) is 52.1 Å². The standard InChI is InChI=1S/C49H67ClN6O8S.C44H49ClFN3O4S.Cu/c1-48(2)38-15-5-7-17-40(38)55(24-9-10-32-65(62,63)64)42(48)21-19-36-13-11-14-37(47(36)50)20-22-43-49(3,4)39-16-6-8-18-41(39)56(43)25-12-23-51-44(57)33-52-26-28-53(34-45(58)59)30-31-54(29-27-52)35-46(60)61;1-43(2)35-15-5-7-17-37(35)48(28-9-10-30-54(51,52)53)39(43)25-21-31-13-11-14-32(41(31)45)22-26-40-44(3,4)36-16-6-8-18-38(36)49(40)29-12-27-47-42(50)33-19-23-34(46)24-20-33;/h5-8,15-22,36,47H,9-14,23-35H2,1-4H3,(H3-,51,57,58,59,60,61,62,63,64);5-8,15-26H,9-14,27-30H2,1-4H3,(H-,47,50,51,52,53);/p-2/b21-19+,37-20+,43-22+;;/i;46-1;. The number of benzene rings is 5. The molecule has 7 aliphatic rings. The molecule has 1 saturated carbocycles.